The van der Waals surface area contributed by atoms with Gasteiger partial charge in [-0.05, 0) is 47.1 Å². The summed E-state index contributed by atoms with van der Waals surface area (Å²) < 4.78 is 0. The summed E-state index contributed by atoms with van der Waals surface area (Å²) in [4.78, 5) is 24.8. The predicted molar refractivity (Wildman–Crippen MR) is 117 cm³/mol. The van der Waals surface area contributed by atoms with Crippen molar-refractivity contribution in [2.45, 2.75) is 25.2 Å². The van der Waals surface area contributed by atoms with Crippen molar-refractivity contribution in [2.24, 2.45) is 21.9 Å². The van der Waals surface area contributed by atoms with Crippen LogP contribution in [-0.2, 0) is 16.0 Å². The molecule has 0 aromatic heterocycles. The second kappa shape index (κ2) is 11.4. The summed E-state index contributed by atoms with van der Waals surface area (Å²) in [6.07, 6.45) is 4.83. The maximum atomic E-state index is 12.6. The summed E-state index contributed by atoms with van der Waals surface area (Å²) in [5.41, 5.74) is 3.87. The highest BCUT2D eigenvalue weighted by Crippen LogP contribution is 2.27. The summed E-state index contributed by atoms with van der Waals surface area (Å²) in [5.74, 6) is 9.10. The minimum atomic E-state index is -1.04. The molecule has 1 amide bonds. The minimum Gasteiger partial charge on any atom is -0.480 e. The summed E-state index contributed by atoms with van der Waals surface area (Å²) in [7, 11) is 1.50. The largest absolute Gasteiger partial charge is 0.480 e. The molecule has 1 unspecified atom stereocenters. The number of hydrazone groups is 2. The number of aliphatic carboxylic acids is 1. The van der Waals surface area contributed by atoms with Gasteiger partial charge in [0.05, 0.1) is 12.4 Å². The summed E-state index contributed by atoms with van der Waals surface area (Å²) in [6.45, 7) is -0.324. The third-order valence-corrected chi connectivity index (χ3v) is 4.81. The van der Waals surface area contributed by atoms with Crippen LogP contribution in [-0.4, -0.2) is 47.9 Å². The maximum Gasteiger partial charge on any atom is 0.323 e. The molecule has 2 rings (SSSR count). The Balaban J connectivity index is 2.18. The molecule has 1 atom stereocenters. The fourth-order valence-electron chi connectivity index (χ4n) is 3.22. The lowest BCUT2D eigenvalue weighted by Gasteiger charge is -2.21. The van der Waals surface area contributed by atoms with Crippen molar-refractivity contribution in [3.63, 3.8) is 0 Å². The van der Waals surface area contributed by atoms with Gasteiger partial charge in [0.1, 0.15) is 6.54 Å². The quantitative estimate of drug-likeness (QED) is 0.313. The van der Waals surface area contributed by atoms with Gasteiger partial charge < -0.3 is 21.7 Å². The number of nitrogens with two attached hydrogens (primary N) is 2. The van der Waals surface area contributed by atoms with E-state index in [1.54, 1.807) is 12.4 Å². The zero-order valence-electron chi connectivity index (χ0n) is 16.9. The van der Waals surface area contributed by atoms with E-state index in [9.17, 15) is 9.59 Å². The molecule has 0 heterocycles. The second-order valence-electron chi connectivity index (χ2n) is 7.05. The molecular formula is C22H27N5O3. The Morgan fingerprint density at radius 1 is 1.07 bits per heavy atom. The van der Waals surface area contributed by atoms with E-state index < -0.39 is 5.97 Å². The number of carboxylic acid groups (broad SMARTS) is 1. The molecule has 2 aromatic rings. The molecule has 0 aliphatic carbocycles. The Morgan fingerprint density at radius 3 is 2.37 bits per heavy atom. The molecule has 8 nitrogen and oxygen atoms in total. The molecule has 0 aliphatic rings. The van der Waals surface area contributed by atoms with Crippen molar-refractivity contribution in [1.82, 2.24) is 4.90 Å². The molecule has 0 bridgehead atoms. The fraction of sp³-hybridized carbons (Fsp3) is 0.273. The number of carbonyl (C=O) groups excluding carboxylic acids is 1. The summed E-state index contributed by atoms with van der Waals surface area (Å²) >= 11 is 0. The molecule has 158 valence electrons. The van der Waals surface area contributed by atoms with Gasteiger partial charge in [-0.2, -0.15) is 10.2 Å². The van der Waals surface area contributed by atoms with E-state index in [4.69, 9.17) is 16.8 Å². The van der Waals surface area contributed by atoms with Crippen LogP contribution in [0.3, 0.4) is 0 Å². The Kier molecular flexibility index (Phi) is 8.56. The van der Waals surface area contributed by atoms with Crippen LogP contribution in [0.4, 0.5) is 0 Å². The monoisotopic (exact) mass is 409 g/mol. The normalized spacial score (nSPS) is 12.3. The molecule has 0 saturated carbocycles. The standard InChI is InChI=1S/C22H27N5O3/c1-27(15-22(29)30)21(28)12-20(19-4-2-3-18(11-19)14-26-24)10-9-16-5-7-17(8-6-16)13-25-23/h2-8,11,13-14,20H,9-10,12,15,23-24H2,1H3,(H,29,30). The lowest BCUT2D eigenvalue weighted by Crippen LogP contribution is -2.32. The number of rotatable bonds is 10. The summed E-state index contributed by atoms with van der Waals surface area (Å²) in [6, 6.07) is 15.6. The molecule has 2 aromatic carbocycles. The van der Waals surface area contributed by atoms with Crippen molar-refractivity contribution in [1.29, 1.82) is 0 Å². The van der Waals surface area contributed by atoms with Gasteiger partial charge in [-0.25, -0.2) is 0 Å². The van der Waals surface area contributed by atoms with Crippen molar-refractivity contribution in [3.8, 4) is 0 Å². The van der Waals surface area contributed by atoms with Crippen LogP contribution in [0.25, 0.3) is 0 Å². The molecule has 0 saturated heterocycles. The molecule has 30 heavy (non-hydrogen) atoms. The number of likely N-dealkylation sites (N-methyl/N-ethyl adjacent to an activating group) is 1. The van der Waals surface area contributed by atoms with Gasteiger partial charge in [0.15, 0.2) is 0 Å². The average molecular weight is 409 g/mol. The molecular weight excluding hydrogens is 382 g/mol. The first-order valence-electron chi connectivity index (χ1n) is 9.54. The van der Waals surface area contributed by atoms with Crippen LogP contribution < -0.4 is 11.7 Å². The second-order valence-corrected chi connectivity index (χ2v) is 7.05. The number of carboxylic acids is 1. The highest BCUT2D eigenvalue weighted by atomic mass is 16.4. The average Bonchev–Trinajstić information content (AvgIpc) is 2.72. The fourth-order valence-corrected chi connectivity index (χ4v) is 3.22. The molecule has 0 aliphatic heterocycles. The number of nitrogens with zero attached hydrogens (tertiary/aromatic N) is 3. The SMILES string of the molecule is CN(CC(=O)O)C(=O)CC(CCc1ccc(C=NN)cc1)c1cccc(C=NN)c1. The highest BCUT2D eigenvalue weighted by molar-refractivity contribution is 5.82. The zero-order valence-corrected chi connectivity index (χ0v) is 16.9. The van der Waals surface area contributed by atoms with Crippen LogP contribution >= 0.6 is 0 Å². The number of amides is 1. The maximum absolute atomic E-state index is 12.6. The first kappa shape index (κ1) is 22.6. The van der Waals surface area contributed by atoms with Crippen LogP contribution in [0.1, 0.15) is 41.0 Å². The molecule has 0 fully saturated rings. The molecule has 0 radical (unpaired) electrons. The first-order valence-corrected chi connectivity index (χ1v) is 9.54. The molecule has 0 spiro atoms. The van der Waals surface area contributed by atoms with Gasteiger partial charge in [-0.1, -0.05) is 42.5 Å². The Morgan fingerprint density at radius 2 is 1.73 bits per heavy atom. The van der Waals surface area contributed by atoms with Crippen molar-refractivity contribution < 1.29 is 14.7 Å². The number of hydrogen-bond donors (Lipinski definition) is 3. The predicted octanol–water partition coefficient (Wildman–Crippen LogP) is 1.92. The Labute approximate surface area is 175 Å². The molecule has 8 heteroatoms. The number of hydrogen-bond acceptors (Lipinski definition) is 6. The van der Waals surface area contributed by atoms with E-state index in [0.717, 1.165) is 35.1 Å². The highest BCUT2D eigenvalue weighted by Gasteiger charge is 2.20. The number of aryl methyl sites for hydroxylation is 1. The first-order chi connectivity index (χ1) is 14.4. The van der Waals surface area contributed by atoms with Gasteiger partial charge in [0, 0.05) is 13.5 Å². The smallest absolute Gasteiger partial charge is 0.323 e. The van der Waals surface area contributed by atoms with Crippen LogP contribution in [0, 0.1) is 0 Å². The number of carbonyl (C=O) groups is 2. The van der Waals surface area contributed by atoms with Crippen LogP contribution in [0.2, 0.25) is 0 Å². The Hall–Kier alpha value is -3.68. The van der Waals surface area contributed by atoms with E-state index in [0.29, 0.717) is 0 Å². The number of benzene rings is 2. The topological polar surface area (TPSA) is 134 Å². The zero-order chi connectivity index (χ0) is 21.9. The van der Waals surface area contributed by atoms with Crippen molar-refractivity contribution >= 4 is 24.3 Å². The van der Waals surface area contributed by atoms with E-state index >= 15 is 0 Å². The third kappa shape index (κ3) is 7.05. The van der Waals surface area contributed by atoms with Gasteiger partial charge in [0.25, 0.3) is 0 Å². The van der Waals surface area contributed by atoms with E-state index in [2.05, 4.69) is 10.2 Å². The van der Waals surface area contributed by atoms with E-state index in [1.165, 1.54) is 11.9 Å². The van der Waals surface area contributed by atoms with Gasteiger partial charge in [0.2, 0.25) is 5.91 Å². The van der Waals surface area contributed by atoms with E-state index in [1.807, 2.05) is 48.5 Å². The molecule has 5 N–H and O–H groups in total. The lowest BCUT2D eigenvalue weighted by atomic mass is 9.88. The minimum absolute atomic E-state index is 0.0786. The summed E-state index contributed by atoms with van der Waals surface area (Å²) in [5, 5.41) is 16.0. The van der Waals surface area contributed by atoms with E-state index in [-0.39, 0.29) is 24.8 Å². The van der Waals surface area contributed by atoms with Gasteiger partial charge in [-0.15, -0.1) is 0 Å². The Bertz CT molecular complexity index is 909. The van der Waals surface area contributed by atoms with Crippen molar-refractivity contribution in [3.05, 3.63) is 70.8 Å². The van der Waals surface area contributed by atoms with Crippen molar-refractivity contribution in [2.75, 3.05) is 13.6 Å². The third-order valence-electron chi connectivity index (χ3n) is 4.81. The van der Waals surface area contributed by atoms with Gasteiger partial charge in [-0.3, -0.25) is 9.59 Å². The van der Waals surface area contributed by atoms with Crippen LogP contribution in [0.15, 0.2) is 58.7 Å². The lowest BCUT2D eigenvalue weighted by molar-refractivity contribution is -0.143. The van der Waals surface area contributed by atoms with Gasteiger partial charge >= 0.3 is 5.97 Å². The van der Waals surface area contributed by atoms with Crippen LogP contribution in [0.5, 0.6) is 0 Å².